The second kappa shape index (κ2) is 5.34. The van der Waals surface area contributed by atoms with Gasteiger partial charge in [0.15, 0.2) is 0 Å². The summed E-state index contributed by atoms with van der Waals surface area (Å²) < 4.78 is 26.9. The molecule has 0 spiro atoms. The van der Waals surface area contributed by atoms with Gasteiger partial charge in [-0.25, -0.2) is 13.1 Å². The van der Waals surface area contributed by atoms with Crippen molar-refractivity contribution >= 4 is 43.2 Å². The highest BCUT2D eigenvalue weighted by Crippen LogP contribution is 2.31. The predicted octanol–water partition coefficient (Wildman–Crippen LogP) is 1.73. The average molecular weight is 358 g/mol. The highest BCUT2D eigenvalue weighted by molar-refractivity contribution is 9.10. The van der Waals surface area contributed by atoms with Gasteiger partial charge in [-0.15, -0.1) is 0 Å². The molecular weight excluding hydrogens is 344 g/mol. The zero-order valence-electron chi connectivity index (χ0n) is 9.87. The number of rotatable bonds is 4. The number of benzene rings is 1. The minimum Gasteiger partial charge on any atom is -0.398 e. The molecule has 0 aliphatic heterocycles. The first-order valence-electron chi connectivity index (χ1n) is 4.98. The maximum atomic E-state index is 12.2. The highest BCUT2D eigenvalue weighted by Gasteiger charge is 2.28. The molecule has 0 saturated heterocycles. The molecule has 0 aliphatic carbocycles. The number of halogens is 2. The van der Waals surface area contributed by atoms with E-state index in [4.69, 9.17) is 22.4 Å². The number of sulfonamides is 1. The lowest BCUT2D eigenvalue weighted by atomic mass is 10.1. The third-order valence-electron chi connectivity index (χ3n) is 2.13. The molecule has 1 rings (SSSR count). The molecule has 102 valence electrons. The average Bonchev–Trinajstić information content (AvgIpc) is 2.21. The van der Waals surface area contributed by atoms with E-state index >= 15 is 0 Å². The first-order chi connectivity index (χ1) is 8.09. The molecule has 8 heteroatoms. The number of hydrogen-bond donors (Lipinski definition) is 3. The van der Waals surface area contributed by atoms with Gasteiger partial charge in [-0.1, -0.05) is 11.6 Å². The SMILES string of the molecule is CC(C)(CO)NS(=O)(=O)c1cc(Cl)cc(N)c1Br. The van der Waals surface area contributed by atoms with Crippen LogP contribution in [0.1, 0.15) is 13.8 Å². The van der Waals surface area contributed by atoms with Crippen molar-refractivity contribution in [1.82, 2.24) is 4.72 Å². The van der Waals surface area contributed by atoms with Crippen molar-refractivity contribution in [3.63, 3.8) is 0 Å². The van der Waals surface area contributed by atoms with E-state index in [9.17, 15) is 8.42 Å². The van der Waals surface area contributed by atoms with Gasteiger partial charge >= 0.3 is 0 Å². The summed E-state index contributed by atoms with van der Waals surface area (Å²) in [4.78, 5) is -0.0611. The first kappa shape index (κ1) is 15.7. The summed E-state index contributed by atoms with van der Waals surface area (Å²) in [6.45, 7) is 2.79. The standard InChI is InChI=1S/C10H14BrClN2O3S/c1-10(2,5-15)14-18(16,17)8-4-6(12)3-7(13)9(8)11/h3-4,14-15H,5,13H2,1-2H3. The maximum Gasteiger partial charge on any atom is 0.242 e. The van der Waals surface area contributed by atoms with Crippen molar-refractivity contribution in [3.05, 3.63) is 21.6 Å². The molecule has 5 nitrogen and oxygen atoms in total. The number of nitrogens with one attached hydrogen (secondary N) is 1. The second-order valence-electron chi connectivity index (χ2n) is 4.45. The number of aliphatic hydroxyl groups excluding tert-OH is 1. The molecular formula is C10H14BrClN2O3S. The van der Waals surface area contributed by atoms with Crippen LogP contribution in [0.25, 0.3) is 0 Å². The smallest absolute Gasteiger partial charge is 0.242 e. The fourth-order valence-corrected chi connectivity index (χ4v) is 3.93. The zero-order chi connectivity index (χ0) is 14.1. The first-order valence-corrected chi connectivity index (χ1v) is 7.64. The van der Waals surface area contributed by atoms with E-state index in [0.717, 1.165) is 0 Å². The van der Waals surface area contributed by atoms with Gasteiger partial charge in [0.05, 0.1) is 21.5 Å². The number of anilines is 1. The van der Waals surface area contributed by atoms with Crippen molar-refractivity contribution in [2.45, 2.75) is 24.3 Å². The minimum absolute atomic E-state index is 0.0611. The van der Waals surface area contributed by atoms with E-state index in [1.165, 1.54) is 12.1 Å². The van der Waals surface area contributed by atoms with Gasteiger partial charge in [0.25, 0.3) is 0 Å². The Morgan fingerprint density at radius 2 is 2.06 bits per heavy atom. The Morgan fingerprint density at radius 3 is 2.56 bits per heavy atom. The number of nitrogen functional groups attached to an aromatic ring is 1. The lowest BCUT2D eigenvalue weighted by Gasteiger charge is -2.23. The molecule has 1 aromatic rings. The third kappa shape index (κ3) is 3.58. The van der Waals surface area contributed by atoms with Crippen LogP contribution in [0.5, 0.6) is 0 Å². The lowest BCUT2D eigenvalue weighted by molar-refractivity contribution is 0.208. The van der Waals surface area contributed by atoms with Crippen LogP contribution in [0.2, 0.25) is 5.02 Å². The molecule has 0 aromatic heterocycles. The molecule has 0 fully saturated rings. The minimum atomic E-state index is -3.83. The molecule has 0 radical (unpaired) electrons. The van der Waals surface area contributed by atoms with Crippen LogP contribution >= 0.6 is 27.5 Å². The summed E-state index contributed by atoms with van der Waals surface area (Å²) in [5.41, 5.74) is 4.89. The third-order valence-corrected chi connectivity index (χ3v) is 5.22. The van der Waals surface area contributed by atoms with Crippen LogP contribution in [-0.4, -0.2) is 25.7 Å². The van der Waals surface area contributed by atoms with Crippen LogP contribution in [0, 0.1) is 0 Å². The van der Waals surface area contributed by atoms with Gasteiger partial charge < -0.3 is 10.8 Å². The summed E-state index contributed by atoms with van der Waals surface area (Å²) >= 11 is 8.91. The molecule has 0 heterocycles. The summed E-state index contributed by atoms with van der Waals surface area (Å²) in [6.07, 6.45) is 0. The number of hydrogen-bond acceptors (Lipinski definition) is 4. The van der Waals surface area contributed by atoms with E-state index in [1.54, 1.807) is 13.8 Å². The molecule has 1 aromatic carbocycles. The van der Waals surface area contributed by atoms with E-state index in [-0.39, 0.29) is 26.7 Å². The molecule has 0 bridgehead atoms. The summed E-state index contributed by atoms with van der Waals surface area (Å²) in [5.74, 6) is 0. The van der Waals surface area contributed by atoms with Gasteiger partial charge in [-0.05, 0) is 41.9 Å². The van der Waals surface area contributed by atoms with Crippen LogP contribution in [-0.2, 0) is 10.0 Å². The fraction of sp³-hybridized carbons (Fsp3) is 0.400. The fourth-order valence-electron chi connectivity index (χ4n) is 1.23. The highest BCUT2D eigenvalue weighted by atomic mass is 79.9. The Bertz CT molecular complexity index is 560. The molecule has 0 aliphatic rings. The Hall–Kier alpha value is -0.340. The van der Waals surface area contributed by atoms with Crippen molar-refractivity contribution < 1.29 is 13.5 Å². The Balaban J connectivity index is 3.30. The van der Waals surface area contributed by atoms with Crippen LogP contribution in [0.3, 0.4) is 0 Å². The van der Waals surface area contributed by atoms with Crippen molar-refractivity contribution in [2.24, 2.45) is 0 Å². The zero-order valence-corrected chi connectivity index (χ0v) is 13.0. The molecule has 0 saturated carbocycles. The van der Waals surface area contributed by atoms with E-state index < -0.39 is 15.6 Å². The summed E-state index contributed by atoms with van der Waals surface area (Å²) in [6, 6.07) is 2.74. The van der Waals surface area contributed by atoms with Gasteiger partial charge in [0.2, 0.25) is 10.0 Å². The normalized spacial score (nSPS) is 12.7. The summed E-state index contributed by atoms with van der Waals surface area (Å²) in [5, 5.41) is 9.31. The second-order valence-corrected chi connectivity index (χ2v) is 7.33. The Labute approximate surface area is 120 Å². The van der Waals surface area contributed by atoms with Crippen molar-refractivity contribution in [1.29, 1.82) is 0 Å². The van der Waals surface area contributed by atoms with Gasteiger partial charge in [-0.3, -0.25) is 0 Å². The van der Waals surface area contributed by atoms with Crippen LogP contribution < -0.4 is 10.5 Å². The Kier molecular flexibility index (Phi) is 4.66. The van der Waals surface area contributed by atoms with E-state index in [0.29, 0.717) is 0 Å². The number of nitrogens with two attached hydrogens (primary N) is 1. The molecule has 0 amide bonds. The summed E-state index contributed by atoms with van der Waals surface area (Å²) in [7, 11) is -3.83. The monoisotopic (exact) mass is 356 g/mol. The predicted molar refractivity (Wildman–Crippen MR) is 75.1 cm³/mol. The molecule has 0 unspecified atom stereocenters. The topological polar surface area (TPSA) is 92.4 Å². The van der Waals surface area contributed by atoms with Crippen LogP contribution in [0.4, 0.5) is 5.69 Å². The maximum absolute atomic E-state index is 12.2. The quantitative estimate of drug-likeness (QED) is 0.716. The largest absolute Gasteiger partial charge is 0.398 e. The van der Waals surface area contributed by atoms with E-state index in [2.05, 4.69) is 20.7 Å². The number of aliphatic hydroxyl groups is 1. The van der Waals surface area contributed by atoms with Gasteiger partial charge in [0.1, 0.15) is 0 Å². The lowest BCUT2D eigenvalue weighted by Crippen LogP contribution is -2.46. The molecule has 4 N–H and O–H groups in total. The van der Waals surface area contributed by atoms with Crippen molar-refractivity contribution in [2.75, 3.05) is 12.3 Å². The van der Waals surface area contributed by atoms with E-state index in [1.807, 2.05) is 0 Å². The van der Waals surface area contributed by atoms with Crippen molar-refractivity contribution in [3.8, 4) is 0 Å². The Morgan fingerprint density at radius 1 is 1.50 bits per heavy atom. The van der Waals surface area contributed by atoms with Crippen LogP contribution in [0.15, 0.2) is 21.5 Å². The molecule has 18 heavy (non-hydrogen) atoms. The molecule has 0 atom stereocenters. The van der Waals surface area contributed by atoms with Gasteiger partial charge in [-0.2, -0.15) is 0 Å². The van der Waals surface area contributed by atoms with Gasteiger partial charge in [0, 0.05) is 10.7 Å².